The van der Waals surface area contributed by atoms with Gasteiger partial charge in [0.2, 0.25) is 0 Å². The predicted molar refractivity (Wildman–Crippen MR) is 62.8 cm³/mol. The summed E-state index contributed by atoms with van der Waals surface area (Å²) in [5, 5.41) is 10.7. The molecule has 7 heteroatoms. The number of H-pyrrole nitrogens is 1. The van der Waals surface area contributed by atoms with Crippen molar-refractivity contribution < 1.29 is 4.79 Å². The zero-order chi connectivity index (χ0) is 12.4. The normalized spacial score (nSPS) is 20.0. The van der Waals surface area contributed by atoms with Crippen LogP contribution in [0.25, 0.3) is 0 Å². The summed E-state index contributed by atoms with van der Waals surface area (Å²) in [6.07, 6.45) is 6.82. The van der Waals surface area contributed by atoms with Crippen molar-refractivity contribution in [3.05, 3.63) is 30.6 Å². The van der Waals surface area contributed by atoms with E-state index in [-0.39, 0.29) is 11.9 Å². The zero-order valence-corrected chi connectivity index (χ0v) is 9.86. The molecule has 0 aliphatic carbocycles. The lowest BCUT2D eigenvalue weighted by molar-refractivity contribution is 0.0667. The highest BCUT2D eigenvalue weighted by Crippen LogP contribution is 2.21. The molecule has 7 nitrogen and oxygen atoms in total. The van der Waals surface area contributed by atoms with Crippen molar-refractivity contribution in [2.24, 2.45) is 0 Å². The standard InChI is InChI=1S/C11H14N6O/c18-11(10-3-4-13-15-10)16-5-1-2-9(6-16)17-8-12-7-14-17/h3-4,7-9H,1-2,5-6H2,(H,13,15)/t9-/m1/s1. The summed E-state index contributed by atoms with van der Waals surface area (Å²) in [6, 6.07) is 1.91. The minimum absolute atomic E-state index is 0.00249. The van der Waals surface area contributed by atoms with E-state index < -0.39 is 0 Å². The third-order valence-corrected chi connectivity index (χ3v) is 3.23. The molecule has 0 spiro atoms. The molecule has 0 bridgehead atoms. The van der Waals surface area contributed by atoms with Crippen LogP contribution < -0.4 is 0 Å². The molecule has 1 saturated heterocycles. The average molecular weight is 246 g/mol. The highest BCUT2D eigenvalue weighted by molar-refractivity contribution is 5.92. The molecule has 0 unspecified atom stereocenters. The lowest BCUT2D eigenvalue weighted by Gasteiger charge is -2.32. The second-order valence-corrected chi connectivity index (χ2v) is 4.39. The molecular weight excluding hydrogens is 232 g/mol. The van der Waals surface area contributed by atoms with Gasteiger partial charge in [-0.15, -0.1) is 0 Å². The summed E-state index contributed by atoms with van der Waals surface area (Å²) >= 11 is 0. The molecule has 0 aromatic carbocycles. The van der Waals surface area contributed by atoms with E-state index in [0.29, 0.717) is 12.2 Å². The van der Waals surface area contributed by atoms with E-state index in [1.165, 1.54) is 6.33 Å². The Bertz CT molecular complexity index is 506. The first-order chi connectivity index (χ1) is 8.84. The number of aromatic amines is 1. The predicted octanol–water partition coefficient (Wildman–Crippen LogP) is 0.478. The van der Waals surface area contributed by atoms with Crippen LogP contribution in [0.5, 0.6) is 0 Å². The first kappa shape index (κ1) is 10.9. The number of nitrogens with zero attached hydrogens (tertiary/aromatic N) is 5. The van der Waals surface area contributed by atoms with E-state index in [1.807, 2.05) is 9.58 Å². The highest BCUT2D eigenvalue weighted by atomic mass is 16.2. The highest BCUT2D eigenvalue weighted by Gasteiger charge is 2.26. The Hall–Kier alpha value is -2.18. The summed E-state index contributed by atoms with van der Waals surface area (Å²) in [7, 11) is 0. The van der Waals surface area contributed by atoms with Gasteiger partial charge in [0.05, 0.1) is 6.04 Å². The van der Waals surface area contributed by atoms with Crippen LogP contribution in [0.2, 0.25) is 0 Å². The maximum Gasteiger partial charge on any atom is 0.271 e. The third-order valence-electron chi connectivity index (χ3n) is 3.23. The second kappa shape index (κ2) is 4.59. The van der Waals surface area contributed by atoms with Crippen molar-refractivity contribution in [3.63, 3.8) is 0 Å². The van der Waals surface area contributed by atoms with Crippen LogP contribution in [0.4, 0.5) is 0 Å². The fourth-order valence-corrected chi connectivity index (χ4v) is 2.31. The number of carbonyl (C=O) groups excluding carboxylic acids is 1. The van der Waals surface area contributed by atoms with E-state index in [9.17, 15) is 4.79 Å². The van der Waals surface area contributed by atoms with Crippen LogP contribution in [0.15, 0.2) is 24.9 Å². The van der Waals surface area contributed by atoms with Gasteiger partial charge in [-0.1, -0.05) is 0 Å². The zero-order valence-electron chi connectivity index (χ0n) is 9.86. The van der Waals surface area contributed by atoms with Gasteiger partial charge in [-0.3, -0.25) is 9.89 Å². The SMILES string of the molecule is O=C(c1ccn[nH]1)N1CCC[C@@H](n2cncn2)C1. The number of amides is 1. The fourth-order valence-electron chi connectivity index (χ4n) is 2.31. The van der Waals surface area contributed by atoms with Gasteiger partial charge in [-0.05, 0) is 18.9 Å². The second-order valence-electron chi connectivity index (χ2n) is 4.39. The molecule has 94 valence electrons. The first-order valence-electron chi connectivity index (χ1n) is 5.97. The molecule has 3 rings (SSSR count). The number of likely N-dealkylation sites (tertiary alicyclic amines) is 1. The van der Waals surface area contributed by atoms with Crippen molar-refractivity contribution >= 4 is 5.91 Å². The van der Waals surface area contributed by atoms with Crippen molar-refractivity contribution in [1.29, 1.82) is 0 Å². The van der Waals surface area contributed by atoms with Gasteiger partial charge in [0.25, 0.3) is 5.91 Å². The van der Waals surface area contributed by atoms with Crippen molar-refractivity contribution in [2.75, 3.05) is 13.1 Å². The van der Waals surface area contributed by atoms with Crippen molar-refractivity contribution in [1.82, 2.24) is 29.9 Å². The molecule has 2 aromatic rings. The summed E-state index contributed by atoms with van der Waals surface area (Å²) in [4.78, 5) is 18.0. The molecule has 1 aliphatic rings. The van der Waals surface area contributed by atoms with E-state index >= 15 is 0 Å². The summed E-state index contributed by atoms with van der Waals surface area (Å²) < 4.78 is 1.83. The van der Waals surface area contributed by atoms with E-state index in [0.717, 1.165) is 19.4 Å². The molecule has 2 aromatic heterocycles. The smallest absolute Gasteiger partial charge is 0.271 e. The fraction of sp³-hybridized carbons (Fsp3) is 0.455. The van der Waals surface area contributed by atoms with Crippen LogP contribution in [0.3, 0.4) is 0 Å². The molecule has 0 saturated carbocycles. The number of rotatable bonds is 2. The molecule has 1 fully saturated rings. The minimum Gasteiger partial charge on any atom is -0.335 e. The lowest BCUT2D eigenvalue weighted by Crippen LogP contribution is -2.41. The Morgan fingerprint density at radius 3 is 3.17 bits per heavy atom. The molecule has 0 radical (unpaired) electrons. The van der Waals surface area contributed by atoms with Gasteiger partial charge >= 0.3 is 0 Å². The topological polar surface area (TPSA) is 79.7 Å². The van der Waals surface area contributed by atoms with Crippen LogP contribution in [-0.2, 0) is 0 Å². The molecule has 1 amide bonds. The summed E-state index contributed by atoms with van der Waals surface area (Å²) in [6.45, 7) is 1.45. The Morgan fingerprint density at radius 2 is 2.44 bits per heavy atom. The van der Waals surface area contributed by atoms with E-state index in [1.54, 1.807) is 18.6 Å². The minimum atomic E-state index is -0.00249. The number of piperidine rings is 1. The van der Waals surface area contributed by atoms with Crippen molar-refractivity contribution in [2.45, 2.75) is 18.9 Å². The van der Waals surface area contributed by atoms with Gasteiger partial charge < -0.3 is 4.90 Å². The summed E-state index contributed by atoms with van der Waals surface area (Å²) in [5.41, 5.74) is 0.536. The maximum atomic E-state index is 12.2. The number of hydrogen-bond acceptors (Lipinski definition) is 4. The number of carbonyl (C=O) groups is 1. The molecule has 1 aliphatic heterocycles. The quantitative estimate of drug-likeness (QED) is 0.835. The van der Waals surface area contributed by atoms with Crippen molar-refractivity contribution in [3.8, 4) is 0 Å². The van der Waals surface area contributed by atoms with Crippen LogP contribution in [0, 0.1) is 0 Å². The van der Waals surface area contributed by atoms with Gasteiger partial charge in [0.15, 0.2) is 0 Å². The van der Waals surface area contributed by atoms with Gasteiger partial charge in [0, 0.05) is 19.3 Å². The molecule has 1 atom stereocenters. The van der Waals surface area contributed by atoms with E-state index in [4.69, 9.17) is 0 Å². The molecule has 3 heterocycles. The largest absolute Gasteiger partial charge is 0.335 e. The van der Waals surface area contributed by atoms with E-state index in [2.05, 4.69) is 20.3 Å². The molecular formula is C11H14N6O. The molecule has 1 N–H and O–H groups in total. The average Bonchev–Trinajstić information content (AvgIpc) is 3.11. The Morgan fingerprint density at radius 1 is 1.50 bits per heavy atom. The Labute approximate surface area is 104 Å². The Balaban J connectivity index is 1.73. The number of aromatic nitrogens is 5. The first-order valence-corrected chi connectivity index (χ1v) is 5.97. The Kier molecular flexibility index (Phi) is 2.79. The van der Waals surface area contributed by atoms with Gasteiger partial charge in [-0.2, -0.15) is 10.2 Å². The third kappa shape index (κ3) is 1.99. The maximum absolute atomic E-state index is 12.2. The monoisotopic (exact) mass is 246 g/mol. The van der Waals surface area contributed by atoms with Crippen LogP contribution in [0.1, 0.15) is 29.4 Å². The molecule has 18 heavy (non-hydrogen) atoms. The number of nitrogens with one attached hydrogen (secondary N) is 1. The number of hydrogen-bond donors (Lipinski definition) is 1. The van der Waals surface area contributed by atoms with Gasteiger partial charge in [0.1, 0.15) is 18.3 Å². The lowest BCUT2D eigenvalue weighted by atomic mass is 10.1. The van der Waals surface area contributed by atoms with Crippen LogP contribution >= 0.6 is 0 Å². The summed E-state index contributed by atoms with van der Waals surface area (Å²) in [5.74, 6) is -0.00249. The van der Waals surface area contributed by atoms with Crippen LogP contribution in [-0.4, -0.2) is 48.9 Å². The van der Waals surface area contributed by atoms with Gasteiger partial charge in [-0.25, -0.2) is 9.67 Å².